The molecule has 3 rings (SSSR count). The van der Waals surface area contributed by atoms with Gasteiger partial charge in [0.2, 0.25) is 0 Å². The van der Waals surface area contributed by atoms with Crippen LogP contribution in [0.2, 0.25) is 5.15 Å². The molecule has 0 saturated heterocycles. The molecule has 1 aromatic heterocycles. The van der Waals surface area contributed by atoms with Gasteiger partial charge in [-0.2, -0.15) is 0 Å². The van der Waals surface area contributed by atoms with Crippen LogP contribution in [0, 0.1) is 0 Å². The maximum atomic E-state index is 6.11. The topological polar surface area (TPSA) is 52.0 Å². The van der Waals surface area contributed by atoms with Gasteiger partial charge in [-0.25, -0.2) is 0 Å². The molecule has 0 bridgehead atoms. The SMILES string of the molecule is NC1(c2cccc3c(Cl)noc23)CC1. The molecule has 4 heteroatoms. The monoisotopic (exact) mass is 208 g/mol. The van der Waals surface area contributed by atoms with Crippen molar-refractivity contribution < 1.29 is 4.52 Å². The summed E-state index contributed by atoms with van der Waals surface area (Å²) in [6.07, 6.45) is 2.01. The van der Waals surface area contributed by atoms with Crippen molar-refractivity contribution in [3.05, 3.63) is 28.9 Å². The van der Waals surface area contributed by atoms with Crippen molar-refractivity contribution in [2.45, 2.75) is 18.4 Å². The van der Waals surface area contributed by atoms with E-state index in [1.807, 2.05) is 18.2 Å². The molecule has 0 spiro atoms. The molecule has 1 saturated carbocycles. The van der Waals surface area contributed by atoms with Gasteiger partial charge in [-0.15, -0.1) is 0 Å². The predicted octanol–water partition coefficient (Wildman–Crippen LogP) is 2.43. The summed E-state index contributed by atoms with van der Waals surface area (Å²) in [6, 6.07) is 5.81. The van der Waals surface area contributed by atoms with Gasteiger partial charge in [0.25, 0.3) is 0 Å². The third-order valence-corrected chi connectivity index (χ3v) is 3.05. The summed E-state index contributed by atoms with van der Waals surface area (Å²) in [7, 11) is 0. The Labute approximate surface area is 85.8 Å². The quantitative estimate of drug-likeness (QED) is 0.783. The standard InChI is InChI=1S/C10H9ClN2O/c11-9-6-2-1-3-7(8(6)14-13-9)10(12)4-5-10/h1-3H,4-5,12H2. The fourth-order valence-electron chi connectivity index (χ4n) is 1.73. The van der Waals surface area contributed by atoms with Gasteiger partial charge in [-0.3, -0.25) is 0 Å². The molecule has 1 heterocycles. The maximum absolute atomic E-state index is 6.11. The van der Waals surface area contributed by atoms with Crippen molar-refractivity contribution in [3.63, 3.8) is 0 Å². The summed E-state index contributed by atoms with van der Waals surface area (Å²) in [5.74, 6) is 0. The van der Waals surface area contributed by atoms with Crippen molar-refractivity contribution in [1.29, 1.82) is 0 Å². The second-order valence-electron chi connectivity index (χ2n) is 3.81. The lowest BCUT2D eigenvalue weighted by molar-refractivity contribution is 0.451. The molecule has 0 unspecified atom stereocenters. The van der Waals surface area contributed by atoms with Crippen LogP contribution in [0.15, 0.2) is 22.7 Å². The van der Waals surface area contributed by atoms with Gasteiger partial charge in [-0.1, -0.05) is 28.9 Å². The van der Waals surface area contributed by atoms with Crippen LogP contribution in [0.1, 0.15) is 18.4 Å². The molecule has 0 amide bonds. The third kappa shape index (κ3) is 0.996. The van der Waals surface area contributed by atoms with E-state index in [2.05, 4.69) is 5.16 Å². The molecule has 1 aliphatic rings. The number of nitrogens with two attached hydrogens (primary N) is 1. The molecule has 1 fully saturated rings. The number of aromatic nitrogens is 1. The Morgan fingerprint density at radius 2 is 2.21 bits per heavy atom. The molecule has 2 aromatic rings. The zero-order valence-electron chi connectivity index (χ0n) is 7.46. The van der Waals surface area contributed by atoms with E-state index >= 15 is 0 Å². The highest BCUT2D eigenvalue weighted by atomic mass is 35.5. The van der Waals surface area contributed by atoms with Gasteiger partial charge < -0.3 is 10.3 Å². The Morgan fingerprint density at radius 3 is 2.93 bits per heavy atom. The highest BCUT2D eigenvalue weighted by Crippen LogP contribution is 2.45. The minimum absolute atomic E-state index is 0.206. The van der Waals surface area contributed by atoms with E-state index in [-0.39, 0.29) is 5.54 Å². The van der Waals surface area contributed by atoms with Crippen molar-refractivity contribution >= 4 is 22.6 Å². The predicted molar refractivity (Wildman–Crippen MR) is 54.1 cm³/mol. The highest BCUT2D eigenvalue weighted by Gasteiger charge is 2.42. The van der Waals surface area contributed by atoms with E-state index in [0.717, 1.165) is 29.4 Å². The van der Waals surface area contributed by atoms with Crippen LogP contribution in [0.5, 0.6) is 0 Å². The maximum Gasteiger partial charge on any atom is 0.180 e. The summed E-state index contributed by atoms with van der Waals surface area (Å²) in [5.41, 5.74) is 7.66. The van der Waals surface area contributed by atoms with Crippen LogP contribution in [0.3, 0.4) is 0 Å². The van der Waals surface area contributed by atoms with Gasteiger partial charge in [-0.05, 0) is 18.9 Å². The molecule has 1 aliphatic carbocycles. The van der Waals surface area contributed by atoms with Crippen molar-refractivity contribution in [1.82, 2.24) is 5.16 Å². The number of halogens is 1. The highest BCUT2D eigenvalue weighted by molar-refractivity contribution is 6.34. The van der Waals surface area contributed by atoms with Crippen LogP contribution in [0.25, 0.3) is 11.0 Å². The number of hydrogen-bond acceptors (Lipinski definition) is 3. The number of nitrogens with zero attached hydrogens (tertiary/aromatic N) is 1. The lowest BCUT2D eigenvalue weighted by Crippen LogP contribution is -2.18. The van der Waals surface area contributed by atoms with Crippen molar-refractivity contribution in [2.24, 2.45) is 5.73 Å². The van der Waals surface area contributed by atoms with Crippen LogP contribution in [-0.4, -0.2) is 5.16 Å². The van der Waals surface area contributed by atoms with E-state index in [0.29, 0.717) is 5.15 Å². The minimum Gasteiger partial charge on any atom is -0.354 e. The lowest BCUT2D eigenvalue weighted by atomic mass is 10.0. The molecule has 14 heavy (non-hydrogen) atoms. The van der Waals surface area contributed by atoms with E-state index < -0.39 is 0 Å². The van der Waals surface area contributed by atoms with Crippen LogP contribution >= 0.6 is 11.6 Å². The average molecular weight is 209 g/mol. The molecule has 2 N–H and O–H groups in total. The van der Waals surface area contributed by atoms with Gasteiger partial charge in [0.1, 0.15) is 0 Å². The molecule has 3 nitrogen and oxygen atoms in total. The summed E-state index contributed by atoms with van der Waals surface area (Å²) in [4.78, 5) is 0. The molecular weight excluding hydrogens is 200 g/mol. The zero-order chi connectivity index (χ0) is 9.76. The molecule has 0 aliphatic heterocycles. The first-order valence-corrected chi connectivity index (χ1v) is 4.92. The van der Waals surface area contributed by atoms with Gasteiger partial charge in [0.05, 0.1) is 5.39 Å². The Morgan fingerprint density at radius 1 is 1.43 bits per heavy atom. The van der Waals surface area contributed by atoms with Crippen molar-refractivity contribution in [2.75, 3.05) is 0 Å². The first-order chi connectivity index (χ1) is 6.71. The molecule has 0 atom stereocenters. The van der Waals surface area contributed by atoms with Crippen LogP contribution in [0.4, 0.5) is 0 Å². The van der Waals surface area contributed by atoms with Gasteiger partial charge in [0, 0.05) is 11.1 Å². The van der Waals surface area contributed by atoms with Gasteiger partial charge >= 0.3 is 0 Å². The number of benzene rings is 1. The third-order valence-electron chi connectivity index (χ3n) is 2.78. The summed E-state index contributed by atoms with van der Waals surface area (Å²) in [6.45, 7) is 0. The Bertz CT molecular complexity index is 502. The van der Waals surface area contributed by atoms with Crippen molar-refractivity contribution in [3.8, 4) is 0 Å². The molecular formula is C10H9ClN2O. The Kier molecular flexibility index (Phi) is 1.47. The number of para-hydroxylation sites is 1. The average Bonchev–Trinajstić information content (AvgIpc) is 2.83. The summed E-state index contributed by atoms with van der Waals surface area (Å²) < 4.78 is 5.18. The fraction of sp³-hybridized carbons (Fsp3) is 0.300. The Balaban J connectivity index is 2.34. The van der Waals surface area contributed by atoms with E-state index in [4.69, 9.17) is 21.9 Å². The van der Waals surface area contributed by atoms with Gasteiger partial charge in [0.15, 0.2) is 10.7 Å². The van der Waals surface area contributed by atoms with E-state index in [1.165, 1.54) is 0 Å². The first-order valence-electron chi connectivity index (χ1n) is 4.54. The zero-order valence-corrected chi connectivity index (χ0v) is 8.21. The normalized spacial score (nSPS) is 18.7. The number of fused-ring (bicyclic) bond motifs is 1. The largest absolute Gasteiger partial charge is 0.354 e. The van der Waals surface area contributed by atoms with Crippen LogP contribution < -0.4 is 5.73 Å². The van der Waals surface area contributed by atoms with E-state index in [9.17, 15) is 0 Å². The fourth-order valence-corrected chi connectivity index (χ4v) is 1.91. The smallest absolute Gasteiger partial charge is 0.180 e. The van der Waals surface area contributed by atoms with Crippen LogP contribution in [-0.2, 0) is 5.54 Å². The first kappa shape index (κ1) is 8.26. The molecule has 1 aromatic carbocycles. The summed E-state index contributed by atoms with van der Waals surface area (Å²) >= 11 is 5.87. The number of rotatable bonds is 1. The minimum atomic E-state index is -0.206. The molecule has 72 valence electrons. The Hall–Kier alpha value is -1.06. The molecule has 0 radical (unpaired) electrons. The number of hydrogen-bond donors (Lipinski definition) is 1. The lowest BCUT2D eigenvalue weighted by Gasteiger charge is -2.07. The second kappa shape index (κ2) is 2.49. The second-order valence-corrected chi connectivity index (χ2v) is 4.17. The van der Waals surface area contributed by atoms with E-state index in [1.54, 1.807) is 0 Å². The summed E-state index contributed by atoms with van der Waals surface area (Å²) in [5, 5.41) is 4.99.